The van der Waals surface area contributed by atoms with Crippen LogP contribution in [0.1, 0.15) is 12.8 Å². The highest BCUT2D eigenvalue weighted by Gasteiger charge is 2.20. The van der Waals surface area contributed by atoms with Gasteiger partial charge in [-0.2, -0.15) is 5.10 Å². The highest BCUT2D eigenvalue weighted by atomic mass is 15.1. The van der Waals surface area contributed by atoms with Crippen LogP contribution in [-0.4, -0.2) is 51.2 Å². The average Bonchev–Trinajstić information content (AvgIpc) is 3.20. The quantitative estimate of drug-likeness (QED) is 0.694. The molecule has 0 atom stereocenters. The third-order valence-electron chi connectivity index (χ3n) is 4.46. The number of aromatic nitrogens is 4. The summed E-state index contributed by atoms with van der Waals surface area (Å²) in [4.78, 5) is 10.1. The molecule has 3 N–H and O–H groups in total. The predicted octanol–water partition coefficient (Wildman–Crippen LogP) is 2.46. The maximum Gasteiger partial charge on any atom is 0.139 e. The lowest BCUT2D eigenvalue weighted by Crippen LogP contribution is -2.36. The summed E-state index contributed by atoms with van der Waals surface area (Å²) in [6.07, 6.45) is 9.94. The molecule has 0 bridgehead atoms. The van der Waals surface area contributed by atoms with Crippen molar-refractivity contribution in [2.24, 2.45) is 0 Å². The van der Waals surface area contributed by atoms with E-state index in [1.54, 1.807) is 0 Å². The number of piperidine rings is 1. The maximum atomic E-state index is 4.52. The highest BCUT2D eigenvalue weighted by molar-refractivity contribution is 5.98. The minimum Gasteiger partial charge on any atom is -0.381 e. The SMILES string of the molecule is CN1CCC(Nc2c(-c3cn[nH]c3)cnc3[nH]ccc23)CC1. The number of pyridine rings is 1. The fraction of sp³-hybridized carbons (Fsp3) is 0.375. The topological polar surface area (TPSA) is 72.6 Å². The molecule has 22 heavy (non-hydrogen) atoms. The van der Waals surface area contributed by atoms with Gasteiger partial charge in [-0.25, -0.2) is 4.98 Å². The van der Waals surface area contributed by atoms with Gasteiger partial charge in [0.25, 0.3) is 0 Å². The second kappa shape index (κ2) is 5.46. The van der Waals surface area contributed by atoms with Crippen LogP contribution in [0.3, 0.4) is 0 Å². The molecule has 3 aromatic heterocycles. The Labute approximate surface area is 128 Å². The van der Waals surface area contributed by atoms with Crippen molar-refractivity contribution < 1.29 is 0 Å². The van der Waals surface area contributed by atoms with Gasteiger partial charge in [0.2, 0.25) is 0 Å². The van der Waals surface area contributed by atoms with E-state index >= 15 is 0 Å². The first kappa shape index (κ1) is 13.3. The second-order valence-electron chi connectivity index (χ2n) is 6.00. The zero-order valence-electron chi connectivity index (χ0n) is 12.6. The van der Waals surface area contributed by atoms with Crippen LogP contribution in [0.5, 0.6) is 0 Å². The number of nitrogens with one attached hydrogen (secondary N) is 3. The number of H-pyrrole nitrogens is 2. The van der Waals surface area contributed by atoms with E-state index in [2.05, 4.69) is 43.5 Å². The van der Waals surface area contributed by atoms with Gasteiger partial charge in [-0.15, -0.1) is 0 Å². The standard InChI is InChI=1S/C16H20N6/c1-22-6-3-12(4-7-22)21-15-13-2-5-17-16(13)18-10-14(15)11-8-19-20-9-11/h2,5,8-10,12H,3-4,6-7H2,1H3,(H,19,20)(H2,17,18,21). The van der Waals surface area contributed by atoms with Crippen LogP contribution >= 0.6 is 0 Å². The summed E-state index contributed by atoms with van der Waals surface area (Å²) >= 11 is 0. The lowest BCUT2D eigenvalue weighted by molar-refractivity contribution is 0.264. The molecule has 3 aromatic rings. The Kier molecular flexibility index (Phi) is 3.31. The Balaban J connectivity index is 1.73. The second-order valence-corrected chi connectivity index (χ2v) is 6.00. The number of hydrogen-bond donors (Lipinski definition) is 3. The van der Waals surface area contributed by atoms with Gasteiger partial charge in [-0.3, -0.25) is 5.10 Å². The molecule has 0 unspecified atom stereocenters. The molecule has 6 heteroatoms. The summed E-state index contributed by atoms with van der Waals surface area (Å²) in [5.41, 5.74) is 4.23. The largest absolute Gasteiger partial charge is 0.381 e. The normalized spacial score (nSPS) is 17.1. The Bertz CT molecular complexity index is 752. The molecule has 0 radical (unpaired) electrons. The van der Waals surface area contributed by atoms with Gasteiger partial charge in [0.05, 0.1) is 11.9 Å². The van der Waals surface area contributed by atoms with E-state index in [1.165, 1.54) is 0 Å². The Morgan fingerprint density at radius 1 is 1.27 bits per heavy atom. The van der Waals surface area contributed by atoms with Crippen LogP contribution in [0.2, 0.25) is 0 Å². The summed E-state index contributed by atoms with van der Waals surface area (Å²) < 4.78 is 0. The van der Waals surface area contributed by atoms with Crippen LogP contribution in [0.4, 0.5) is 5.69 Å². The lowest BCUT2D eigenvalue weighted by Gasteiger charge is -2.30. The fourth-order valence-electron chi connectivity index (χ4n) is 3.14. The number of nitrogens with zero attached hydrogens (tertiary/aromatic N) is 3. The molecule has 6 nitrogen and oxygen atoms in total. The molecule has 1 fully saturated rings. The summed E-state index contributed by atoms with van der Waals surface area (Å²) in [6, 6.07) is 2.59. The van der Waals surface area contributed by atoms with E-state index in [1.807, 2.05) is 24.8 Å². The number of likely N-dealkylation sites (tertiary alicyclic amines) is 1. The van der Waals surface area contributed by atoms with Crippen molar-refractivity contribution in [1.29, 1.82) is 0 Å². The van der Waals surface area contributed by atoms with Gasteiger partial charge in [-0.05, 0) is 39.0 Å². The first-order chi connectivity index (χ1) is 10.8. The van der Waals surface area contributed by atoms with Gasteiger partial charge in [0.15, 0.2) is 0 Å². The molecule has 0 amide bonds. The number of rotatable bonds is 3. The van der Waals surface area contributed by atoms with Gasteiger partial charge in [-0.1, -0.05) is 0 Å². The molecule has 4 heterocycles. The van der Waals surface area contributed by atoms with Crippen molar-refractivity contribution in [1.82, 2.24) is 25.1 Å². The van der Waals surface area contributed by atoms with Crippen molar-refractivity contribution in [3.8, 4) is 11.1 Å². The summed E-state index contributed by atoms with van der Waals surface area (Å²) in [7, 11) is 2.18. The van der Waals surface area contributed by atoms with Crippen molar-refractivity contribution in [2.75, 3.05) is 25.5 Å². The highest BCUT2D eigenvalue weighted by Crippen LogP contribution is 2.34. The fourth-order valence-corrected chi connectivity index (χ4v) is 3.14. The van der Waals surface area contributed by atoms with Gasteiger partial charge in [0.1, 0.15) is 5.65 Å². The molecule has 1 aliphatic rings. The first-order valence-corrected chi connectivity index (χ1v) is 7.71. The van der Waals surface area contributed by atoms with Crippen LogP contribution < -0.4 is 5.32 Å². The Morgan fingerprint density at radius 3 is 2.91 bits per heavy atom. The minimum atomic E-state index is 0.502. The van der Waals surface area contributed by atoms with Crippen LogP contribution in [0, 0.1) is 0 Å². The molecule has 0 spiro atoms. The molecule has 0 aliphatic carbocycles. The van der Waals surface area contributed by atoms with E-state index in [4.69, 9.17) is 0 Å². The molecular formula is C16H20N6. The smallest absolute Gasteiger partial charge is 0.139 e. The van der Waals surface area contributed by atoms with E-state index in [0.29, 0.717) is 6.04 Å². The van der Waals surface area contributed by atoms with Crippen molar-refractivity contribution >= 4 is 16.7 Å². The van der Waals surface area contributed by atoms with Crippen molar-refractivity contribution in [2.45, 2.75) is 18.9 Å². The number of anilines is 1. The monoisotopic (exact) mass is 296 g/mol. The third kappa shape index (κ3) is 2.35. The molecule has 1 saturated heterocycles. The average molecular weight is 296 g/mol. The van der Waals surface area contributed by atoms with Crippen molar-refractivity contribution in [3.63, 3.8) is 0 Å². The molecule has 4 rings (SSSR count). The molecule has 1 aliphatic heterocycles. The molecule has 0 saturated carbocycles. The number of hydrogen-bond acceptors (Lipinski definition) is 4. The number of aromatic amines is 2. The zero-order chi connectivity index (χ0) is 14.9. The van der Waals surface area contributed by atoms with Crippen LogP contribution in [0.25, 0.3) is 22.2 Å². The van der Waals surface area contributed by atoms with E-state index in [9.17, 15) is 0 Å². The van der Waals surface area contributed by atoms with E-state index in [0.717, 1.165) is 53.8 Å². The predicted molar refractivity (Wildman–Crippen MR) is 87.8 cm³/mol. The van der Waals surface area contributed by atoms with Gasteiger partial charge >= 0.3 is 0 Å². The zero-order valence-corrected chi connectivity index (χ0v) is 12.6. The third-order valence-corrected chi connectivity index (χ3v) is 4.46. The summed E-state index contributed by atoms with van der Waals surface area (Å²) in [5, 5.41) is 11.9. The van der Waals surface area contributed by atoms with E-state index < -0.39 is 0 Å². The number of fused-ring (bicyclic) bond motifs is 1. The van der Waals surface area contributed by atoms with Crippen LogP contribution in [-0.2, 0) is 0 Å². The van der Waals surface area contributed by atoms with Gasteiger partial charge in [0, 0.05) is 41.1 Å². The minimum absolute atomic E-state index is 0.502. The van der Waals surface area contributed by atoms with Crippen molar-refractivity contribution in [3.05, 3.63) is 30.9 Å². The Hall–Kier alpha value is -2.34. The van der Waals surface area contributed by atoms with E-state index in [-0.39, 0.29) is 0 Å². The summed E-state index contributed by atoms with van der Waals surface area (Å²) in [5.74, 6) is 0. The lowest BCUT2D eigenvalue weighted by atomic mass is 10.0. The summed E-state index contributed by atoms with van der Waals surface area (Å²) in [6.45, 7) is 2.28. The Morgan fingerprint density at radius 2 is 2.14 bits per heavy atom. The molecule has 114 valence electrons. The maximum absolute atomic E-state index is 4.52. The first-order valence-electron chi connectivity index (χ1n) is 7.71. The van der Waals surface area contributed by atoms with Gasteiger partial charge < -0.3 is 15.2 Å². The molecular weight excluding hydrogens is 276 g/mol. The molecule has 0 aromatic carbocycles. The van der Waals surface area contributed by atoms with Crippen LogP contribution in [0.15, 0.2) is 30.9 Å².